The molecular weight excluding hydrogens is 216 g/mol. The lowest BCUT2D eigenvalue weighted by molar-refractivity contribution is 0.396. The van der Waals surface area contributed by atoms with Crippen LogP contribution in [0.15, 0.2) is 18.2 Å². The molecular formula is C12H22N4O. The van der Waals surface area contributed by atoms with Crippen LogP contribution in [0.2, 0.25) is 0 Å². The molecule has 0 bridgehead atoms. The molecule has 0 unspecified atom stereocenters. The van der Waals surface area contributed by atoms with Crippen LogP contribution >= 0.6 is 0 Å². The second kappa shape index (κ2) is 6.98. The first-order valence-corrected chi connectivity index (χ1v) is 5.70. The van der Waals surface area contributed by atoms with E-state index in [-0.39, 0.29) is 0 Å². The molecule has 0 spiro atoms. The van der Waals surface area contributed by atoms with Crippen LogP contribution in [0.1, 0.15) is 6.42 Å². The zero-order valence-corrected chi connectivity index (χ0v) is 10.8. The first kappa shape index (κ1) is 13.6. The van der Waals surface area contributed by atoms with Crippen molar-refractivity contribution in [3.8, 4) is 5.75 Å². The molecule has 0 saturated carbocycles. The Morgan fingerprint density at radius 1 is 1.35 bits per heavy atom. The molecule has 0 aliphatic rings. The minimum Gasteiger partial charge on any atom is -0.494 e. The molecule has 0 amide bonds. The van der Waals surface area contributed by atoms with Crippen molar-refractivity contribution in [1.82, 2.24) is 10.3 Å². The summed E-state index contributed by atoms with van der Waals surface area (Å²) in [6, 6.07) is 5.53. The van der Waals surface area contributed by atoms with Gasteiger partial charge in [0.2, 0.25) is 0 Å². The molecule has 0 aliphatic heterocycles. The van der Waals surface area contributed by atoms with Gasteiger partial charge in [0.25, 0.3) is 0 Å². The molecule has 0 saturated heterocycles. The van der Waals surface area contributed by atoms with E-state index in [9.17, 15) is 0 Å². The fraction of sp³-hybridized carbons (Fsp3) is 0.500. The number of hydrogen-bond acceptors (Lipinski definition) is 5. The van der Waals surface area contributed by atoms with Gasteiger partial charge >= 0.3 is 0 Å². The highest BCUT2D eigenvalue weighted by atomic mass is 16.5. The van der Waals surface area contributed by atoms with E-state index in [1.54, 1.807) is 13.2 Å². The number of methoxy groups -OCH3 is 1. The van der Waals surface area contributed by atoms with Crippen molar-refractivity contribution in [2.24, 2.45) is 0 Å². The predicted octanol–water partition coefficient (Wildman–Crippen LogP) is 1.15. The van der Waals surface area contributed by atoms with Crippen molar-refractivity contribution < 1.29 is 4.74 Å². The molecule has 4 N–H and O–H groups in total. The Hall–Kier alpha value is -1.46. The van der Waals surface area contributed by atoms with Gasteiger partial charge < -0.3 is 20.8 Å². The molecule has 1 rings (SSSR count). The smallest absolute Gasteiger partial charge is 0.145 e. The molecule has 0 heterocycles. The summed E-state index contributed by atoms with van der Waals surface area (Å²) in [5.41, 5.74) is 13.5. The molecule has 0 atom stereocenters. The summed E-state index contributed by atoms with van der Waals surface area (Å²) in [5.74, 6) is 0.741. The van der Waals surface area contributed by atoms with E-state index < -0.39 is 0 Å². The van der Waals surface area contributed by atoms with Crippen LogP contribution in [-0.4, -0.2) is 39.2 Å². The number of nitrogen functional groups attached to an aromatic ring is 1. The Morgan fingerprint density at radius 2 is 2.12 bits per heavy atom. The molecule has 0 radical (unpaired) electrons. The molecule has 5 heteroatoms. The van der Waals surface area contributed by atoms with Crippen molar-refractivity contribution in [1.29, 1.82) is 0 Å². The lowest BCUT2D eigenvalue weighted by Crippen LogP contribution is -2.26. The van der Waals surface area contributed by atoms with Gasteiger partial charge in [0, 0.05) is 18.3 Å². The maximum atomic E-state index is 5.68. The summed E-state index contributed by atoms with van der Waals surface area (Å²) >= 11 is 0. The highest BCUT2D eigenvalue weighted by Gasteiger charge is 2.01. The zero-order chi connectivity index (χ0) is 12.7. The van der Waals surface area contributed by atoms with Gasteiger partial charge in [-0.1, -0.05) is 0 Å². The highest BCUT2D eigenvalue weighted by Crippen LogP contribution is 2.25. The van der Waals surface area contributed by atoms with Gasteiger partial charge in [0.05, 0.1) is 12.8 Å². The Morgan fingerprint density at radius 3 is 2.76 bits per heavy atom. The van der Waals surface area contributed by atoms with Crippen molar-refractivity contribution in [3.05, 3.63) is 18.2 Å². The van der Waals surface area contributed by atoms with E-state index in [1.807, 2.05) is 12.1 Å². The van der Waals surface area contributed by atoms with Gasteiger partial charge in [-0.2, -0.15) is 0 Å². The molecule has 1 aromatic carbocycles. The van der Waals surface area contributed by atoms with Crippen LogP contribution in [0.25, 0.3) is 0 Å². The lowest BCUT2D eigenvalue weighted by atomic mass is 10.2. The number of nitrogens with two attached hydrogens (primary N) is 1. The average molecular weight is 238 g/mol. The Kier molecular flexibility index (Phi) is 5.59. The first-order valence-electron chi connectivity index (χ1n) is 5.70. The topological polar surface area (TPSA) is 62.6 Å². The standard InChI is InChI=1S/C12H22N4O/c1-16(2)8-4-7-14-15-11-6-5-10(13)9-12(11)17-3/h5-6,9,14-15H,4,7-8,13H2,1-3H3. The number of anilines is 2. The van der Waals surface area contributed by atoms with Gasteiger partial charge in [-0.15, -0.1) is 0 Å². The lowest BCUT2D eigenvalue weighted by Gasteiger charge is -2.14. The Bertz CT molecular complexity index is 341. The summed E-state index contributed by atoms with van der Waals surface area (Å²) in [4.78, 5) is 2.16. The van der Waals surface area contributed by atoms with E-state index in [0.29, 0.717) is 5.69 Å². The Balaban J connectivity index is 2.36. The van der Waals surface area contributed by atoms with Crippen molar-refractivity contribution in [2.45, 2.75) is 6.42 Å². The van der Waals surface area contributed by atoms with Gasteiger partial charge in [-0.05, 0) is 39.2 Å². The molecule has 96 valence electrons. The van der Waals surface area contributed by atoms with Crippen molar-refractivity contribution >= 4 is 11.4 Å². The molecule has 17 heavy (non-hydrogen) atoms. The Labute approximate surface area is 103 Å². The monoisotopic (exact) mass is 238 g/mol. The molecule has 1 aromatic rings. The maximum Gasteiger partial charge on any atom is 0.145 e. The number of ether oxygens (including phenoxy) is 1. The quantitative estimate of drug-likeness (QED) is 0.378. The van der Waals surface area contributed by atoms with Crippen LogP contribution in [0.5, 0.6) is 5.75 Å². The molecule has 0 aliphatic carbocycles. The fourth-order valence-corrected chi connectivity index (χ4v) is 1.45. The van der Waals surface area contributed by atoms with Crippen LogP contribution in [0, 0.1) is 0 Å². The third-order valence-corrected chi connectivity index (χ3v) is 2.36. The number of benzene rings is 1. The summed E-state index contributed by atoms with van der Waals surface area (Å²) in [6.45, 7) is 1.96. The second-order valence-corrected chi connectivity index (χ2v) is 4.17. The SMILES string of the molecule is COc1cc(N)ccc1NNCCCN(C)C. The van der Waals surface area contributed by atoms with Crippen LogP contribution < -0.4 is 21.3 Å². The number of rotatable bonds is 7. The highest BCUT2D eigenvalue weighted by molar-refractivity contribution is 5.61. The second-order valence-electron chi connectivity index (χ2n) is 4.17. The largest absolute Gasteiger partial charge is 0.494 e. The fourth-order valence-electron chi connectivity index (χ4n) is 1.45. The van der Waals surface area contributed by atoms with E-state index >= 15 is 0 Å². The minimum absolute atomic E-state index is 0.694. The minimum atomic E-state index is 0.694. The summed E-state index contributed by atoms with van der Waals surface area (Å²) in [7, 11) is 5.76. The van der Waals surface area contributed by atoms with E-state index in [0.717, 1.165) is 30.9 Å². The number of hydrogen-bond donors (Lipinski definition) is 3. The van der Waals surface area contributed by atoms with Crippen molar-refractivity contribution in [3.63, 3.8) is 0 Å². The van der Waals surface area contributed by atoms with Crippen LogP contribution in [-0.2, 0) is 0 Å². The van der Waals surface area contributed by atoms with Crippen LogP contribution in [0.4, 0.5) is 11.4 Å². The van der Waals surface area contributed by atoms with Gasteiger partial charge in [0.15, 0.2) is 0 Å². The van der Waals surface area contributed by atoms with Crippen molar-refractivity contribution in [2.75, 3.05) is 45.5 Å². The first-order chi connectivity index (χ1) is 8.13. The predicted molar refractivity (Wildman–Crippen MR) is 72.2 cm³/mol. The normalized spacial score (nSPS) is 10.6. The molecule has 0 fully saturated rings. The number of nitrogens with one attached hydrogen (secondary N) is 2. The average Bonchev–Trinajstić information content (AvgIpc) is 2.29. The van der Waals surface area contributed by atoms with Crippen LogP contribution in [0.3, 0.4) is 0 Å². The summed E-state index contributed by atoms with van der Waals surface area (Å²) < 4.78 is 5.23. The van der Waals surface area contributed by atoms with E-state index in [4.69, 9.17) is 10.5 Å². The zero-order valence-electron chi connectivity index (χ0n) is 10.8. The van der Waals surface area contributed by atoms with Gasteiger partial charge in [-0.3, -0.25) is 0 Å². The van der Waals surface area contributed by atoms with E-state index in [2.05, 4.69) is 29.8 Å². The van der Waals surface area contributed by atoms with E-state index in [1.165, 1.54) is 0 Å². The molecule has 0 aromatic heterocycles. The number of hydrazine groups is 1. The van der Waals surface area contributed by atoms with Gasteiger partial charge in [-0.25, -0.2) is 5.43 Å². The molecule has 5 nitrogen and oxygen atoms in total. The number of nitrogens with zero attached hydrogens (tertiary/aromatic N) is 1. The van der Waals surface area contributed by atoms with Gasteiger partial charge in [0.1, 0.15) is 5.75 Å². The third kappa shape index (κ3) is 4.93. The summed E-state index contributed by atoms with van der Waals surface area (Å²) in [5, 5.41) is 0. The summed E-state index contributed by atoms with van der Waals surface area (Å²) in [6.07, 6.45) is 1.08. The third-order valence-electron chi connectivity index (χ3n) is 2.36. The maximum absolute atomic E-state index is 5.68.